The van der Waals surface area contributed by atoms with E-state index in [-0.39, 0.29) is 17.5 Å². The van der Waals surface area contributed by atoms with Crippen LogP contribution in [0, 0.1) is 5.82 Å². The molecule has 1 aromatic carbocycles. The monoisotopic (exact) mass is 260 g/mol. The zero-order valence-corrected chi connectivity index (χ0v) is 10.9. The Morgan fingerprint density at radius 3 is 2.71 bits per heavy atom. The van der Waals surface area contributed by atoms with E-state index in [2.05, 4.69) is 0 Å². The third kappa shape index (κ3) is 3.95. The lowest BCUT2D eigenvalue weighted by atomic mass is 10.0. The number of aliphatic hydroxyl groups is 1. The maximum absolute atomic E-state index is 13.6. The van der Waals surface area contributed by atoms with Crippen molar-refractivity contribution in [2.24, 2.45) is 0 Å². The number of benzene rings is 1. The van der Waals surface area contributed by atoms with Crippen LogP contribution < -0.4 is 0 Å². The standard InChI is InChI=1S/C13H18ClFO2/c1-3-12(17-4-2)11(16)8-9-6-5-7-10(14)13(9)15/h5-7,11-12,16H,3-4,8H2,1-2H3. The molecule has 2 unspecified atom stereocenters. The van der Waals surface area contributed by atoms with Gasteiger partial charge >= 0.3 is 0 Å². The largest absolute Gasteiger partial charge is 0.390 e. The predicted molar refractivity (Wildman–Crippen MR) is 66.8 cm³/mol. The van der Waals surface area contributed by atoms with E-state index in [0.717, 1.165) is 0 Å². The van der Waals surface area contributed by atoms with Crippen molar-refractivity contribution in [3.05, 3.63) is 34.6 Å². The molecule has 0 amide bonds. The van der Waals surface area contributed by atoms with Gasteiger partial charge in [-0.2, -0.15) is 0 Å². The molecule has 0 heterocycles. The van der Waals surface area contributed by atoms with Gasteiger partial charge < -0.3 is 9.84 Å². The fourth-order valence-electron chi connectivity index (χ4n) is 1.78. The molecule has 1 aromatic rings. The number of hydrogen-bond acceptors (Lipinski definition) is 2. The van der Waals surface area contributed by atoms with E-state index in [0.29, 0.717) is 18.6 Å². The second-order valence-corrected chi connectivity index (χ2v) is 4.29. The van der Waals surface area contributed by atoms with Crippen LogP contribution in [0.25, 0.3) is 0 Å². The average molecular weight is 261 g/mol. The number of rotatable bonds is 6. The van der Waals surface area contributed by atoms with Crippen LogP contribution >= 0.6 is 11.6 Å². The minimum absolute atomic E-state index is 0.0826. The number of halogens is 2. The molecule has 0 saturated heterocycles. The first-order valence-corrected chi connectivity index (χ1v) is 6.20. The highest BCUT2D eigenvalue weighted by molar-refractivity contribution is 6.30. The normalized spacial score (nSPS) is 14.6. The van der Waals surface area contributed by atoms with Crippen molar-refractivity contribution in [2.45, 2.75) is 38.9 Å². The minimum Gasteiger partial charge on any atom is -0.390 e. The molecule has 2 atom stereocenters. The second kappa shape index (κ2) is 6.94. The van der Waals surface area contributed by atoms with Gasteiger partial charge in [0, 0.05) is 13.0 Å². The van der Waals surface area contributed by atoms with E-state index < -0.39 is 11.9 Å². The van der Waals surface area contributed by atoms with Gasteiger partial charge in [0.2, 0.25) is 0 Å². The Kier molecular flexibility index (Phi) is 5.89. The van der Waals surface area contributed by atoms with Crippen molar-refractivity contribution >= 4 is 11.6 Å². The Labute approximate surface area is 106 Å². The first-order chi connectivity index (χ1) is 8.10. The van der Waals surface area contributed by atoms with Crippen LogP contribution in [0.5, 0.6) is 0 Å². The van der Waals surface area contributed by atoms with E-state index in [1.54, 1.807) is 12.1 Å². The van der Waals surface area contributed by atoms with Crippen molar-refractivity contribution in [1.29, 1.82) is 0 Å². The van der Waals surface area contributed by atoms with Gasteiger partial charge in [0.05, 0.1) is 17.2 Å². The van der Waals surface area contributed by atoms with Gasteiger partial charge in [-0.3, -0.25) is 0 Å². The van der Waals surface area contributed by atoms with Crippen molar-refractivity contribution in [1.82, 2.24) is 0 Å². The Morgan fingerprint density at radius 2 is 2.12 bits per heavy atom. The van der Waals surface area contributed by atoms with Crippen molar-refractivity contribution in [3.63, 3.8) is 0 Å². The summed E-state index contributed by atoms with van der Waals surface area (Å²) in [5.74, 6) is -0.459. The molecular weight excluding hydrogens is 243 g/mol. The first kappa shape index (κ1) is 14.4. The summed E-state index contributed by atoms with van der Waals surface area (Å²) in [4.78, 5) is 0. The van der Waals surface area contributed by atoms with Crippen molar-refractivity contribution < 1.29 is 14.2 Å². The Hall–Kier alpha value is -0.640. The molecule has 0 aliphatic carbocycles. The zero-order valence-electron chi connectivity index (χ0n) is 10.1. The van der Waals surface area contributed by atoms with Crippen LogP contribution in [0.4, 0.5) is 4.39 Å². The van der Waals surface area contributed by atoms with Crippen molar-refractivity contribution in [2.75, 3.05) is 6.61 Å². The fraction of sp³-hybridized carbons (Fsp3) is 0.538. The summed E-state index contributed by atoms with van der Waals surface area (Å²) in [6.07, 6.45) is -0.0754. The molecule has 0 saturated carbocycles. The zero-order chi connectivity index (χ0) is 12.8. The molecule has 0 aliphatic rings. The molecule has 96 valence electrons. The SMILES string of the molecule is CCOC(CC)C(O)Cc1cccc(Cl)c1F. The van der Waals surface area contributed by atoms with Crippen LogP contribution in [0.2, 0.25) is 5.02 Å². The molecule has 0 spiro atoms. The third-order valence-corrected chi connectivity index (χ3v) is 2.96. The van der Waals surface area contributed by atoms with Crippen LogP contribution in [0.1, 0.15) is 25.8 Å². The Balaban J connectivity index is 2.72. The van der Waals surface area contributed by atoms with Gasteiger partial charge in [0.15, 0.2) is 0 Å². The van der Waals surface area contributed by atoms with Gasteiger partial charge in [-0.15, -0.1) is 0 Å². The van der Waals surface area contributed by atoms with E-state index >= 15 is 0 Å². The lowest BCUT2D eigenvalue weighted by Crippen LogP contribution is -2.30. The molecule has 2 nitrogen and oxygen atoms in total. The van der Waals surface area contributed by atoms with Crippen LogP contribution in [0.3, 0.4) is 0 Å². The average Bonchev–Trinajstić information content (AvgIpc) is 2.31. The summed E-state index contributed by atoms with van der Waals surface area (Å²) in [6, 6.07) is 4.80. The molecule has 0 fully saturated rings. The van der Waals surface area contributed by atoms with E-state index in [9.17, 15) is 9.50 Å². The number of hydrogen-bond donors (Lipinski definition) is 1. The highest BCUT2D eigenvalue weighted by Crippen LogP contribution is 2.20. The topological polar surface area (TPSA) is 29.5 Å². The van der Waals surface area contributed by atoms with Crippen molar-refractivity contribution in [3.8, 4) is 0 Å². The van der Waals surface area contributed by atoms with Gasteiger partial charge in [-0.1, -0.05) is 30.7 Å². The highest BCUT2D eigenvalue weighted by Gasteiger charge is 2.20. The maximum atomic E-state index is 13.6. The molecule has 0 radical (unpaired) electrons. The molecule has 0 bridgehead atoms. The summed E-state index contributed by atoms with van der Waals surface area (Å²) in [7, 11) is 0. The van der Waals surface area contributed by atoms with Gasteiger partial charge in [-0.25, -0.2) is 4.39 Å². The summed E-state index contributed by atoms with van der Waals surface area (Å²) >= 11 is 5.68. The number of ether oxygens (including phenoxy) is 1. The molecular formula is C13H18ClFO2. The van der Waals surface area contributed by atoms with Gasteiger partial charge in [-0.05, 0) is 25.0 Å². The lowest BCUT2D eigenvalue weighted by molar-refractivity contribution is -0.0337. The maximum Gasteiger partial charge on any atom is 0.145 e. The van der Waals surface area contributed by atoms with Gasteiger partial charge in [0.25, 0.3) is 0 Å². The van der Waals surface area contributed by atoms with Crippen LogP contribution in [-0.4, -0.2) is 23.9 Å². The molecule has 1 N–H and O–H groups in total. The van der Waals surface area contributed by atoms with Crippen LogP contribution in [-0.2, 0) is 11.2 Å². The van der Waals surface area contributed by atoms with Gasteiger partial charge in [0.1, 0.15) is 5.82 Å². The van der Waals surface area contributed by atoms with E-state index in [1.807, 2.05) is 13.8 Å². The predicted octanol–water partition coefficient (Wildman–Crippen LogP) is 3.20. The molecule has 17 heavy (non-hydrogen) atoms. The fourth-order valence-corrected chi connectivity index (χ4v) is 1.97. The lowest BCUT2D eigenvalue weighted by Gasteiger charge is -2.21. The first-order valence-electron chi connectivity index (χ1n) is 5.82. The number of aliphatic hydroxyl groups excluding tert-OH is 1. The smallest absolute Gasteiger partial charge is 0.145 e. The summed E-state index contributed by atoms with van der Waals surface area (Å²) in [5, 5.41) is 10.1. The van der Waals surface area contributed by atoms with E-state index in [4.69, 9.17) is 16.3 Å². The highest BCUT2D eigenvalue weighted by atomic mass is 35.5. The summed E-state index contributed by atoms with van der Waals surface area (Å²) in [6.45, 7) is 4.33. The second-order valence-electron chi connectivity index (χ2n) is 3.89. The molecule has 4 heteroatoms. The summed E-state index contributed by atoms with van der Waals surface area (Å²) < 4.78 is 19.0. The third-order valence-electron chi connectivity index (χ3n) is 2.67. The summed E-state index contributed by atoms with van der Waals surface area (Å²) in [5.41, 5.74) is 0.420. The van der Waals surface area contributed by atoms with E-state index in [1.165, 1.54) is 6.07 Å². The Morgan fingerprint density at radius 1 is 1.41 bits per heavy atom. The van der Waals surface area contributed by atoms with Crippen LogP contribution in [0.15, 0.2) is 18.2 Å². The minimum atomic E-state index is -0.715. The Bertz CT molecular complexity index is 357. The quantitative estimate of drug-likeness (QED) is 0.851. The molecule has 0 aromatic heterocycles. The molecule has 1 rings (SSSR count). The molecule has 0 aliphatic heterocycles.